The van der Waals surface area contributed by atoms with Gasteiger partial charge in [-0.25, -0.2) is 0 Å². The molecule has 2 rings (SSSR count). The lowest BCUT2D eigenvalue weighted by atomic mass is 10.2. The van der Waals surface area contributed by atoms with Crippen LogP contribution in [0.25, 0.3) is 0 Å². The molecule has 0 spiro atoms. The van der Waals surface area contributed by atoms with Crippen LogP contribution in [0.1, 0.15) is 21.5 Å². The van der Waals surface area contributed by atoms with Gasteiger partial charge in [-0.3, -0.25) is 4.79 Å². The Labute approximate surface area is 106 Å². The van der Waals surface area contributed by atoms with Crippen LogP contribution in [0.2, 0.25) is 0 Å². The summed E-state index contributed by atoms with van der Waals surface area (Å²) in [6, 6.07) is 15.5. The van der Waals surface area contributed by atoms with Crippen molar-refractivity contribution in [1.82, 2.24) is 0 Å². The summed E-state index contributed by atoms with van der Waals surface area (Å²) >= 11 is 1.31. The molecule has 0 aliphatic heterocycles. The zero-order chi connectivity index (χ0) is 12.3. The van der Waals surface area contributed by atoms with Gasteiger partial charge >= 0.3 is 0 Å². The average molecular weight is 242 g/mol. The van der Waals surface area contributed by atoms with Gasteiger partial charge in [-0.05, 0) is 36.7 Å². The highest BCUT2D eigenvalue weighted by Gasteiger charge is 2.10. The zero-order valence-electron chi connectivity index (χ0n) is 9.94. The summed E-state index contributed by atoms with van der Waals surface area (Å²) in [5.41, 5.74) is 3.05. The molecule has 86 valence electrons. The van der Waals surface area contributed by atoms with Crippen LogP contribution in [-0.2, 0) is 0 Å². The molecule has 0 N–H and O–H groups in total. The van der Waals surface area contributed by atoms with Crippen LogP contribution in [0.15, 0.2) is 53.4 Å². The lowest BCUT2D eigenvalue weighted by Gasteiger charge is -2.07. The highest BCUT2D eigenvalue weighted by atomic mass is 32.2. The second kappa shape index (κ2) is 5.19. The van der Waals surface area contributed by atoms with Gasteiger partial charge in [0.2, 0.25) is 5.12 Å². The summed E-state index contributed by atoms with van der Waals surface area (Å²) in [5.74, 6) is 0. The van der Waals surface area contributed by atoms with Gasteiger partial charge in [0.15, 0.2) is 0 Å². The molecular weight excluding hydrogens is 228 g/mol. The quantitative estimate of drug-likeness (QED) is 0.733. The monoisotopic (exact) mass is 242 g/mol. The lowest BCUT2D eigenvalue weighted by molar-refractivity contribution is 0.108. The van der Waals surface area contributed by atoms with Gasteiger partial charge in [0.25, 0.3) is 0 Å². The van der Waals surface area contributed by atoms with Crippen molar-refractivity contribution >= 4 is 16.9 Å². The van der Waals surface area contributed by atoms with E-state index in [-0.39, 0.29) is 5.12 Å². The first-order valence-corrected chi connectivity index (χ1v) is 6.33. The van der Waals surface area contributed by atoms with E-state index in [1.165, 1.54) is 11.8 Å². The smallest absolute Gasteiger partial charge is 0.224 e. The summed E-state index contributed by atoms with van der Waals surface area (Å²) < 4.78 is 0. The second-order valence-electron chi connectivity index (χ2n) is 3.98. The van der Waals surface area contributed by atoms with Crippen LogP contribution in [0.5, 0.6) is 0 Å². The maximum atomic E-state index is 12.1. The number of rotatable bonds is 2. The molecule has 0 bridgehead atoms. The molecule has 17 heavy (non-hydrogen) atoms. The minimum Gasteiger partial charge on any atom is -0.281 e. The van der Waals surface area contributed by atoms with Gasteiger partial charge in [-0.2, -0.15) is 0 Å². The van der Waals surface area contributed by atoms with E-state index in [0.29, 0.717) is 0 Å². The standard InChI is InChI=1S/C15H14OS/c1-11-7-6-8-12(2)14(11)17-15(16)13-9-4-3-5-10-13/h3-10H,1-2H3. The van der Waals surface area contributed by atoms with Gasteiger partial charge in [-0.1, -0.05) is 48.5 Å². The maximum absolute atomic E-state index is 12.1. The third-order valence-electron chi connectivity index (χ3n) is 2.61. The largest absolute Gasteiger partial charge is 0.281 e. The van der Waals surface area contributed by atoms with E-state index in [9.17, 15) is 4.79 Å². The van der Waals surface area contributed by atoms with Gasteiger partial charge < -0.3 is 0 Å². The Kier molecular flexibility index (Phi) is 3.64. The Morgan fingerprint density at radius 1 is 0.882 bits per heavy atom. The number of thioether (sulfide) groups is 1. The third kappa shape index (κ3) is 2.77. The molecule has 0 unspecified atom stereocenters. The van der Waals surface area contributed by atoms with E-state index >= 15 is 0 Å². The van der Waals surface area contributed by atoms with Crippen molar-refractivity contribution in [2.75, 3.05) is 0 Å². The SMILES string of the molecule is Cc1cccc(C)c1SC(=O)c1ccccc1. The van der Waals surface area contributed by atoms with E-state index in [1.807, 2.05) is 62.4 Å². The molecule has 0 aromatic heterocycles. The first kappa shape index (κ1) is 11.9. The van der Waals surface area contributed by atoms with Crippen molar-refractivity contribution in [3.05, 3.63) is 65.2 Å². The van der Waals surface area contributed by atoms with Crippen molar-refractivity contribution in [2.45, 2.75) is 18.7 Å². The maximum Gasteiger partial charge on any atom is 0.224 e. The van der Waals surface area contributed by atoms with E-state index in [1.54, 1.807) is 0 Å². The first-order chi connectivity index (χ1) is 8.18. The van der Waals surface area contributed by atoms with Crippen LogP contribution in [0, 0.1) is 13.8 Å². The van der Waals surface area contributed by atoms with Crippen LogP contribution in [0.4, 0.5) is 0 Å². The minimum atomic E-state index is 0.100. The van der Waals surface area contributed by atoms with Crippen molar-refractivity contribution < 1.29 is 4.79 Å². The van der Waals surface area contributed by atoms with Gasteiger partial charge in [0, 0.05) is 10.5 Å². The van der Waals surface area contributed by atoms with Crippen molar-refractivity contribution in [3.8, 4) is 0 Å². The molecule has 2 aromatic carbocycles. The number of hydrogen-bond donors (Lipinski definition) is 0. The molecule has 0 amide bonds. The summed E-state index contributed by atoms with van der Waals surface area (Å²) in [4.78, 5) is 13.2. The average Bonchev–Trinajstić information content (AvgIpc) is 2.35. The summed E-state index contributed by atoms with van der Waals surface area (Å²) in [6.07, 6.45) is 0. The van der Waals surface area contributed by atoms with E-state index in [4.69, 9.17) is 0 Å². The molecule has 2 aromatic rings. The topological polar surface area (TPSA) is 17.1 Å². The first-order valence-electron chi connectivity index (χ1n) is 5.52. The second-order valence-corrected chi connectivity index (χ2v) is 4.96. The Morgan fingerprint density at radius 3 is 2.06 bits per heavy atom. The fourth-order valence-electron chi connectivity index (χ4n) is 1.69. The molecule has 0 fully saturated rings. The molecule has 0 saturated heterocycles. The molecule has 0 heterocycles. The van der Waals surface area contributed by atoms with E-state index in [2.05, 4.69) is 0 Å². The number of carbonyl (C=O) groups is 1. The predicted octanol–water partition coefficient (Wildman–Crippen LogP) is 4.24. The molecule has 0 saturated carbocycles. The molecular formula is C15H14OS. The molecule has 0 atom stereocenters. The van der Waals surface area contributed by atoms with Gasteiger partial charge in [-0.15, -0.1) is 0 Å². The zero-order valence-corrected chi connectivity index (χ0v) is 10.8. The Bertz CT molecular complexity index is 512. The number of benzene rings is 2. The Morgan fingerprint density at radius 2 is 1.47 bits per heavy atom. The van der Waals surface area contributed by atoms with Crippen molar-refractivity contribution in [3.63, 3.8) is 0 Å². The van der Waals surface area contributed by atoms with Gasteiger partial charge in [0.05, 0.1) is 0 Å². The van der Waals surface area contributed by atoms with Crippen LogP contribution >= 0.6 is 11.8 Å². The lowest BCUT2D eigenvalue weighted by Crippen LogP contribution is -1.95. The molecule has 2 heteroatoms. The fraction of sp³-hybridized carbons (Fsp3) is 0.133. The predicted molar refractivity (Wildman–Crippen MR) is 72.5 cm³/mol. The fourth-order valence-corrected chi connectivity index (χ4v) is 2.58. The van der Waals surface area contributed by atoms with Crippen LogP contribution in [-0.4, -0.2) is 5.12 Å². The molecule has 1 nitrogen and oxygen atoms in total. The molecule has 0 radical (unpaired) electrons. The van der Waals surface area contributed by atoms with Crippen LogP contribution in [0.3, 0.4) is 0 Å². The van der Waals surface area contributed by atoms with Crippen LogP contribution < -0.4 is 0 Å². The third-order valence-corrected chi connectivity index (χ3v) is 3.88. The Hall–Kier alpha value is -1.54. The summed E-state index contributed by atoms with van der Waals surface area (Å²) in [7, 11) is 0. The van der Waals surface area contributed by atoms with Crippen molar-refractivity contribution in [2.24, 2.45) is 0 Å². The normalized spacial score (nSPS) is 10.2. The van der Waals surface area contributed by atoms with E-state index < -0.39 is 0 Å². The number of hydrogen-bond acceptors (Lipinski definition) is 2. The molecule has 0 aliphatic rings. The van der Waals surface area contributed by atoms with E-state index in [0.717, 1.165) is 21.6 Å². The number of carbonyl (C=O) groups excluding carboxylic acids is 1. The highest BCUT2D eigenvalue weighted by Crippen LogP contribution is 2.28. The summed E-state index contributed by atoms with van der Waals surface area (Å²) in [5, 5.41) is 0.100. The minimum absolute atomic E-state index is 0.100. The van der Waals surface area contributed by atoms with Gasteiger partial charge in [0.1, 0.15) is 0 Å². The number of aryl methyl sites for hydroxylation is 2. The van der Waals surface area contributed by atoms with Crippen molar-refractivity contribution in [1.29, 1.82) is 0 Å². The Balaban J connectivity index is 2.25. The molecule has 0 aliphatic carbocycles. The highest BCUT2D eigenvalue weighted by molar-refractivity contribution is 8.14. The summed E-state index contributed by atoms with van der Waals surface area (Å²) in [6.45, 7) is 4.07.